The molecule has 2 rings (SSSR count). The molecule has 0 radical (unpaired) electrons. The number of rotatable bonds is 7. The van der Waals surface area contributed by atoms with Crippen LogP contribution in [-0.2, 0) is 4.79 Å². The molecule has 0 fully saturated rings. The summed E-state index contributed by atoms with van der Waals surface area (Å²) >= 11 is 0. The third-order valence-electron chi connectivity index (χ3n) is 3.31. The second-order valence-electron chi connectivity index (χ2n) is 4.89. The number of hydrogen-bond donors (Lipinski definition) is 4. The number of carboxylic acid groups (broad SMARTS) is 1. The second kappa shape index (κ2) is 8.74. The third-order valence-corrected chi connectivity index (χ3v) is 3.31. The van der Waals surface area contributed by atoms with Crippen LogP contribution in [0.5, 0.6) is 11.8 Å². The number of nitrogen functional groups attached to an aromatic ring is 1. The molecular formula is C16H19ClN4O4. The first-order chi connectivity index (χ1) is 11.4. The first-order valence-electron chi connectivity index (χ1n) is 6.98. The number of aliphatic carboxylic acids is 1. The Morgan fingerprint density at radius 2 is 1.72 bits per heavy atom. The first-order valence-corrected chi connectivity index (χ1v) is 6.98. The van der Waals surface area contributed by atoms with Gasteiger partial charge in [0.25, 0.3) is 0 Å². The van der Waals surface area contributed by atoms with Crippen LogP contribution in [0.1, 0.15) is 17.2 Å². The van der Waals surface area contributed by atoms with Crippen molar-refractivity contribution in [2.45, 2.75) is 6.04 Å². The van der Waals surface area contributed by atoms with Crippen LogP contribution in [0.4, 0.5) is 5.69 Å². The highest BCUT2D eigenvalue weighted by molar-refractivity contribution is 5.95. The lowest BCUT2D eigenvalue weighted by molar-refractivity contribution is -0.138. The molecule has 0 saturated heterocycles. The number of benzene rings is 1. The first kappa shape index (κ1) is 20.0. The maximum atomic E-state index is 11.7. The van der Waals surface area contributed by atoms with E-state index < -0.39 is 12.0 Å². The van der Waals surface area contributed by atoms with Gasteiger partial charge < -0.3 is 25.6 Å². The molecule has 9 heteroatoms. The van der Waals surface area contributed by atoms with Gasteiger partial charge in [0.2, 0.25) is 11.8 Å². The number of pyridine rings is 1. The van der Waals surface area contributed by atoms with Gasteiger partial charge in [-0.2, -0.15) is 4.98 Å². The van der Waals surface area contributed by atoms with E-state index in [2.05, 4.69) is 10.3 Å². The smallest absolute Gasteiger partial charge is 0.330 e. The van der Waals surface area contributed by atoms with E-state index in [0.717, 1.165) is 0 Å². The van der Waals surface area contributed by atoms with E-state index in [4.69, 9.17) is 20.6 Å². The minimum absolute atomic E-state index is 0. The normalized spacial score (nSPS) is 11.0. The average Bonchev–Trinajstić information content (AvgIpc) is 2.59. The number of carbonyl (C=O) groups is 1. The number of methoxy groups -OCH3 is 2. The van der Waals surface area contributed by atoms with E-state index in [1.807, 2.05) is 0 Å². The summed E-state index contributed by atoms with van der Waals surface area (Å²) in [7, 11) is 2.88. The number of carboxylic acids is 1. The van der Waals surface area contributed by atoms with Crippen molar-refractivity contribution in [1.82, 2.24) is 4.98 Å². The van der Waals surface area contributed by atoms with E-state index in [9.17, 15) is 9.90 Å². The number of nitrogens with zero attached hydrogens (tertiary/aromatic N) is 1. The monoisotopic (exact) mass is 366 g/mol. The van der Waals surface area contributed by atoms with Crippen molar-refractivity contribution in [1.29, 1.82) is 5.41 Å². The largest absolute Gasteiger partial charge is 0.481 e. The number of aromatic nitrogens is 1. The van der Waals surface area contributed by atoms with Crippen molar-refractivity contribution < 1.29 is 19.4 Å². The molecule has 0 amide bonds. The average molecular weight is 367 g/mol. The molecule has 5 N–H and O–H groups in total. The maximum Gasteiger partial charge on any atom is 0.330 e. The highest BCUT2D eigenvalue weighted by Crippen LogP contribution is 2.26. The molecule has 0 spiro atoms. The van der Waals surface area contributed by atoms with Crippen LogP contribution in [-0.4, -0.2) is 36.1 Å². The summed E-state index contributed by atoms with van der Waals surface area (Å²) in [5, 5.41) is 19.8. The van der Waals surface area contributed by atoms with Crippen LogP contribution in [0.3, 0.4) is 0 Å². The lowest BCUT2D eigenvalue weighted by Gasteiger charge is -2.17. The van der Waals surface area contributed by atoms with Crippen molar-refractivity contribution in [2.75, 3.05) is 19.5 Å². The summed E-state index contributed by atoms with van der Waals surface area (Å²) in [5.74, 6) is -0.616. The summed E-state index contributed by atoms with van der Waals surface area (Å²) in [5.41, 5.74) is 6.96. The molecule has 1 atom stereocenters. The van der Waals surface area contributed by atoms with E-state index in [1.165, 1.54) is 26.4 Å². The van der Waals surface area contributed by atoms with Crippen molar-refractivity contribution in [3.63, 3.8) is 0 Å². The van der Waals surface area contributed by atoms with Gasteiger partial charge in [0.1, 0.15) is 5.84 Å². The minimum Gasteiger partial charge on any atom is -0.481 e. The molecule has 2 aromatic rings. The minimum atomic E-state index is -1.07. The highest BCUT2D eigenvalue weighted by Gasteiger charge is 2.22. The molecular weight excluding hydrogens is 348 g/mol. The van der Waals surface area contributed by atoms with Gasteiger partial charge in [0.15, 0.2) is 6.04 Å². The van der Waals surface area contributed by atoms with Gasteiger partial charge in [-0.05, 0) is 29.8 Å². The number of nitrogens with two attached hydrogens (primary N) is 1. The molecule has 1 aromatic heterocycles. The van der Waals surface area contributed by atoms with E-state index in [0.29, 0.717) is 16.8 Å². The van der Waals surface area contributed by atoms with Crippen LogP contribution >= 0.6 is 12.4 Å². The zero-order valence-electron chi connectivity index (χ0n) is 13.6. The molecule has 0 aliphatic rings. The SMILES string of the molecule is COc1cc(C(Nc2ccc(C(=N)N)cc2)C(=O)O)cc(OC)n1.Cl. The van der Waals surface area contributed by atoms with Gasteiger partial charge in [0.05, 0.1) is 14.2 Å². The molecule has 1 aromatic carbocycles. The number of anilines is 1. The molecule has 0 aliphatic carbocycles. The molecule has 8 nitrogen and oxygen atoms in total. The van der Waals surface area contributed by atoms with Gasteiger partial charge in [-0.1, -0.05) is 0 Å². The van der Waals surface area contributed by atoms with Gasteiger partial charge in [-0.3, -0.25) is 5.41 Å². The lowest BCUT2D eigenvalue weighted by atomic mass is 10.1. The second-order valence-corrected chi connectivity index (χ2v) is 4.89. The maximum absolute atomic E-state index is 11.7. The lowest BCUT2D eigenvalue weighted by Crippen LogP contribution is -2.21. The Kier molecular flexibility index (Phi) is 7.01. The number of nitrogens with one attached hydrogen (secondary N) is 2. The van der Waals surface area contributed by atoms with E-state index in [-0.39, 0.29) is 30.0 Å². The predicted molar refractivity (Wildman–Crippen MR) is 96.0 cm³/mol. The molecule has 0 aliphatic heterocycles. The summed E-state index contributed by atoms with van der Waals surface area (Å²) < 4.78 is 10.1. The van der Waals surface area contributed by atoms with Crippen LogP contribution in [0.15, 0.2) is 36.4 Å². The van der Waals surface area contributed by atoms with Gasteiger partial charge in [-0.25, -0.2) is 4.79 Å². The van der Waals surface area contributed by atoms with E-state index >= 15 is 0 Å². The van der Waals surface area contributed by atoms with Crippen molar-refractivity contribution >= 4 is 29.9 Å². The van der Waals surface area contributed by atoms with Crippen LogP contribution in [0.25, 0.3) is 0 Å². The fourth-order valence-electron chi connectivity index (χ4n) is 2.08. The highest BCUT2D eigenvalue weighted by atomic mass is 35.5. The van der Waals surface area contributed by atoms with Crippen molar-refractivity contribution in [2.24, 2.45) is 5.73 Å². The predicted octanol–water partition coefficient (Wildman–Crippen LogP) is 2.04. The van der Waals surface area contributed by atoms with Crippen LogP contribution < -0.4 is 20.5 Å². The standard InChI is InChI=1S/C16H18N4O4.ClH/c1-23-12-7-10(8-13(20-12)24-2)14(16(21)22)19-11-5-3-9(4-6-11)15(17)18;/h3-8,14,19H,1-2H3,(H3,17,18)(H,21,22);1H. The molecule has 25 heavy (non-hydrogen) atoms. The summed E-state index contributed by atoms with van der Waals surface area (Å²) in [6.45, 7) is 0. The Morgan fingerprint density at radius 3 is 2.12 bits per heavy atom. The van der Waals surface area contributed by atoms with Gasteiger partial charge in [-0.15, -0.1) is 12.4 Å². The molecule has 1 heterocycles. The molecule has 1 unspecified atom stereocenters. The topological polar surface area (TPSA) is 131 Å². The summed E-state index contributed by atoms with van der Waals surface area (Å²) in [4.78, 5) is 15.7. The molecule has 134 valence electrons. The fraction of sp³-hybridized carbons (Fsp3) is 0.188. The number of ether oxygens (including phenoxy) is 2. The zero-order valence-corrected chi connectivity index (χ0v) is 14.5. The Labute approximate surface area is 150 Å². The Bertz CT molecular complexity index is 730. The van der Waals surface area contributed by atoms with Crippen LogP contribution in [0, 0.1) is 5.41 Å². The summed E-state index contributed by atoms with van der Waals surface area (Å²) in [6, 6.07) is 8.61. The van der Waals surface area contributed by atoms with Crippen LogP contribution in [0.2, 0.25) is 0 Å². The molecule has 0 saturated carbocycles. The molecule has 0 bridgehead atoms. The van der Waals surface area contributed by atoms with Crippen molar-refractivity contribution in [3.05, 3.63) is 47.5 Å². The third kappa shape index (κ3) is 4.98. The number of hydrogen-bond acceptors (Lipinski definition) is 6. The quantitative estimate of drug-likeness (QED) is 0.435. The Balaban J connectivity index is 0.00000312. The number of halogens is 1. The zero-order chi connectivity index (χ0) is 17.7. The number of amidine groups is 1. The summed E-state index contributed by atoms with van der Waals surface area (Å²) in [6.07, 6.45) is 0. The fourth-order valence-corrected chi connectivity index (χ4v) is 2.08. The van der Waals surface area contributed by atoms with E-state index in [1.54, 1.807) is 24.3 Å². The Hall–Kier alpha value is -3.00. The van der Waals surface area contributed by atoms with Gasteiger partial charge >= 0.3 is 5.97 Å². The van der Waals surface area contributed by atoms with Gasteiger partial charge in [0, 0.05) is 23.4 Å². The van der Waals surface area contributed by atoms with Crippen molar-refractivity contribution in [3.8, 4) is 11.8 Å². The Morgan fingerprint density at radius 1 is 1.20 bits per heavy atom.